The zero-order valence-electron chi connectivity index (χ0n) is 16.8. The third-order valence-electron chi connectivity index (χ3n) is 1.99. The smallest absolute Gasteiger partial charge is 0.0446 e. The lowest BCUT2D eigenvalue weighted by Gasteiger charge is -2.06. The fourth-order valence-corrected chi connectivity index (χ4v) is 1.44. The van der Waals surface area contributed by atoms with Gasteiger partial charge in [0.2, 0.25) is 0 Å². The maximum Gasteiger partial charge on any atom is 0.0446 e. The number of hydrogen-bond donors (Lipinski definition) is 0. The third-order valence-corrected chi connectivity index (χ3v) is 1.99. The van der Waals surface area contributed by atoms with Crippen molar-refractivity contribution in [3.8, 4) is 0 Å². The Kier molecular flexibility index (Phi) is 32.1. The predicted molar refractivity (Wildman–Crippen MR) is 104 cm³/mol. The van der Waals surface area contributed by atoms with Crippen molar-refractivity contribution in [1.29, 1.82) is 0 Å². The van der Waals surface area contributed by atoms with Gasteiger partial charge in [-0.25, -0.2) is 0 Å². The van der Waals surface area contributed by atoms with Crippen LogP contribution in [0.1, 0.15) is 87.3 Å². The van der Waals surface area contributed by atoms with E-state index in [4.69, 9.17) is 0 Å². The summed E-state index contributed by atoms with van der Waals surface area (Å²) in [6.07, 6.45) is 0. The summed E-state index contributed by atoms with van der Waals surface area (Å²) in [5.41, 5.74) is 3.69. The quantitative estimate of drug-likeness (QED) is 0.507. The van der Waals surface area contributed by atoms with Crippen molar-refractivity contribution in [2.75, 3.05) is 0 Å². The average Bonchev–Trinajstić information content (AvgIpc) is 2.55. The van der Waals surface area contributed by atoms with Crippen LogP contribution in [0.4, 0.5) is 0 Å². The van der Waals surface area contributed by atoms with Gasteiger partial charge in [0.15, 0.2) is 0 Å². The van der Waals surface area contributed by atoms with Crippen molar-refractivity contribution in [2.45, 2.75) is 89.1 Å². The molecule has 0 saturated heterocycles. The highest BCUT2D eigenvalue weighted by Gasteiger charge is 2.00. The zero-order chi connectivity index (χ0) is 17.8. The van der Waals surface area contributed by atoms with Crippen LogP contribution in [0, 0.1) is 6.92 Å². The van der Waals surface area contributed by atoms with E-state index in [1.54, 1.807) is 0 Å². The van der Waals surface area contributed by atoms with E-state index in [1.807, 2.05) is 55.4 Å². The highest BCUT2D eigenvalue weighted by molar-refractivity contribution is 6.00. The summed E-state index contributed by atoms with van der Waals surface area (Å²) in [5.74, 6) is 0. The minimum Gasteiger partial charge on any atom is -0.287 e. The molecule has 0 heterocycles. The van der Waals surface area contributed by atoms with Gasteiger partial charge in [-0.3, -0.25) is 4.99 Å². The van der Waals surface area contributed by atoms with Crippen molar-refractivity contribution in [3.63, 3.8) is 0 Å². The van der Waals surface area contributed by atoms with Crippen LogP contribution in [0.5, 0.6) is 0 Å². The lowest BCUT2D eigenvalue weighted by molar-refractivity contribution is 0.835. The van der Waals surface area contributed by atoms with Crippen molar-refractivity contribution in [1.82, 2.24) is 0 Å². The maximum atomic E-state index is 4.53. The van der Waals surface area contributed by atoms with E-state index in [0.29, 0.717) is 6.04 Å². The molecule has 0 N–H and O–H groups in total. The molecule has 0 aromatic heterocycles. The average molecular weight is 296 g/mol. The lowest BCUT2D eigenvalue weighted by Crippen LogP contribution is -2.01. The molecule has 0 radical (unpaired) electrons. The second-order valence-corrected chi connectivity index (χ2v) is 3.62. The van der Waals surface area contributed by atoms with Crippen LogP contribution in [0.3, 0.4) is 0 Å². The zero-order valence-corrected chi connectivity index (χ0v) is 16.8. The molecule has 0 amide bonds. The van der Waals surface area contributed by atoms with Crippen LogP contribution in [-0.2, 0) is 0 Å². The van der Waals surface area contributed by atoms with Crippen molar-refractivity contribution < 1.29 is 0 Å². The van der Waals surface area contributed by atoms with Crippen LogP contribution in [0.15, 0.2) is 29.3 Å². The van der Waals surface area contributed by atoms with Crippen LogP contribution in [0.2, 0.25) is 0 Å². The Bertz CT molecular complexity index is 311. The van der Waals surface area contributed by atoms with E-state index in [0.717, 1.165) is 5.71 Å². The molecule has 0 aliphatic carbocycles. The fourth-order valence-electron chi connectivity index (χ4n) is 1.44. The standard InChI is InChI=1S/C12H17N.4C2H6/c1-9(2)13-11(4)12-8-6-5-7-10(12)3;4*1-2/h5-9H,1-4H3;4*1-2H3. The van der Waals surface area contributed by atoms with Gasteiger partial charge >= 0.3 is 0 Å². The van der Waals surface area contributed by atoms with Crippen LogP contribution in [-0.4, -0.2) is 11.8 Å². The number of aliphatic imine (C=N–C) groups is 1. The molecule has 0 unspecified atom stereocenters. The van der Waals surface area contributed by atoms with E-state index in [2.05, 4.69) is 57.0 Å². The summed E-state index contributed by atoms with van der Waals surface area (Å²) in [6, 6.07) is 8.73. The number of benzene rings is 1. The molecule has 1 aromatic rings. The van der Waals surface area contributed by atoms with Crippen LogP contribution in [0.25, 0.3) is 0 Å². The molecule has 0 saturated carbocycles. The fraction of sp³-hybridized carbons (Fsp3) is 0.650. The number of nitrogens with zero attached hydrogens (tertiary/aromatic N) is 1. The van der Waals surface area contributed by atoms with Crippen molar-refractivity contribution in [2.24, 2.45) is 4.99 Å². The van der Waals surface area contributed by atoms with Crippen LogP contribution >= 0.6 is 0 Å². The van der Waals surface area contributed by atoms with Gasteiger partial charge in [-0.1, -0.05) is 79.7 Å². The molecule has 1 heteroatoms. The highest BCUT2D eigenvalue weighted by atomic mass is 14.8. The van der Waals surface area contributed by atoms with Crippen molar-refractivity contribution >= 4 is 5.71 Å². The lowest BCUT2D eigenvalue weighted by atomic mass is 10.1. The first-order chi connectivity index (χ1) is 10.1. The van der Waals surface area contributed by atoms with Crippen LogP contribution < -0.4 is 0 Å². The van der Waals surface area contributed by atoms with Gasteiger partial charge in [0.1, 0.15) is 0 Å². The Morgan fingerprint density at radius 3 is 1.52 bits per heavy atom. The predicted octanol–water partition coefficient (Wildman–Crippen LogP) is 7.32. The maximum absolute atomic E-state index is 4.53. The molecule has 1 rings (SSSR count). The molecular weight excluding hydrogens is 254 g/mol. The molecule has 126 valence electrons. The molecule has 0 spiro atoms. The Morgan fingerprint density at radius 2 is 1.19 bits per heavy atom. The first-order valence-corrected chi connectivity index (χ1v) is 8.71. The molecule has 0 aliphatic heterocycles. The number of hydrogen-bond acceptors (Lipinski definition) is 1. The summed E-state index contributed by atoms with van der Waals surface area (Å²) in [4.78, 5) is 4.53. The molecule has 0 fully saturated rings. The Labute approximate surface area is 135 Å². The van der Waals surface area contributed by atoms with E-state index in [9.17, 15) is 0 Å². The third kappa shape index (κ3) is 16.8. The topological polar surface area (TPSA) is 12.4 Å². The minimum atomic E-state index is 0.375. The highest BCUT2D eigenvalue weighted by Crippen LogP contribution is 2.09. The van der Waals surface area contributed by atoms with Gasteiger partial charge in [0.05, 0.1) is 0 Å². The van der Waals surface area contributed by atoms with Gasteiger partial charge in [0, 0.05) is 11.8 Å². The largest absolute Gasteiger partial charge is 0.287 e. The Balaban J connectivity index is -0.000000156. The van der Waals surface area contributed by atoms with Gasteiger partial charge in [-0.05, 0) is 38.8 Å². The second kappa shape index (κ2) is 23.9. The summed E-state index contributed by atoms with van der Waals surface area (Å²) >= 11 is 0. The summed E-state index contributed by atoms with van der Waals surface area (Å²) in [6.45, 7) is 24.4. The van der Waals surface area contributed by atoms with Crippen molar-refractivity contribution in [3.05, 3.63) is 35.4 Å². The van der Waals surface area contributed by atoms with E-state index in [-0.39, 0.29) is 0 Å². The molecule has 0 bridgehead atoms. The first kappa shape index (κ1) is 28.1. The van der Waals surface area contributed by atoms with Gasteiger partial charge in [0.25, 0.3) is 0 Å². The summed E-state index contributed by atoms with van der Waals surface area (Å²) in [7, 11) is 0. The van der Waals surface area contributed by atoms with E-state index < -0.39 is 0 Å². The monoisotopic (exact) mass is 295 g/mol. The van der Waals surface area contributed by atoms with Gasteiger partial charge in [-0.2, -0.15) is 0 Å². The summed E-state index contributed by atoms with van der Waals surface area (Å²) < 4.78 is 0. The molecule has 1 nitrogen and oxygen atoms in total. The number of aryl methyl sites for hydroxylation is 1. The molecule has 1 aromatic carbocycles. The second-order valence-electron chi connectivity index (χ2n) is 3.62. The molecule has 0 atom stereocenters. The normalized spacial score (nSPS) is 8.71. The van der Waals surface area contributed by atoms with E-state index >= 15 is 0 Å². The molecular formula is C20H41N. The van der Waals surface area contributed by atoms with Gasteiger partial charge < -0.3 is 0 Å². The van der Waals surface area contributed by atoms with Gasteiger partial charge in [-0.15, -0.1) is 0 Å². The molecule has 21 heavy (non-hydrogen) atoms. The first-order valence-electron chi connectivity index (χ1n) is 8.71. The number of rotatable bonds is 2. The SMILES string of the molecule is CC.CC.CC.CC.CC(=NC(C)C)c1ccccc1C. The Morgan fingerprint density at radius 1 is 0.810 bits per heavy atom. The minimum absolute atomic E-state index is 0.375. The van der Waals surface area contributed by atoms with E-state index in [1.165, 1.54) is 11.1 Å². The Hall–Kier alpha value is -1.11. The summed E-state index contributed by atoms with van der Waals surface area (Å²) in [5, 5.41) is 0. The molecule has 0 aliphatic rings.